The molecule has 0 aliphatic carbocycles. The summed E-state index contributed by atoms with van der Waals surface area (Å²) in [4.78, 5) is 14.9. The van der Waals surface area contributed by atoms with Gasteiger partial charge in [-0.1, -0.05) is 18.2 Å². The minimum atomic E-state index is -3.67. The van der Waals surface area contributed by atoms with E-state index in [1.165, 1.54) is 0 Å². The molecule has 1 aromatic carbocycles. The molecule has 1 N–H and O–H groups in total. The van der Waals surface area contributed by atoms with Crippen LogP contribution in [0.1, 0.15) is 25.7 Å². The summed E-state index contributed by atoms with van der Waals surface area (Å²) in [6, 6.07) is 8.33. The predicted molar refractivity (Wildman–Crippen MR) is 101 cm³/mol. The molecule has 0 aromatic heterocycles. The van der Waals surface area contributed by atoms with Crippen molar-refractivity contribution in [2.24, 2.45) is 5.92 Å². The third-order valence-corrected chi connectivity index (χ3v) is 7.02. The Labute approximate surface area is 161 Å². The van der Waals surface area contributed by atoms with E-state index in [4.69, 9.17) is 9.47 Å². The lowest BCUT2D eigenvalue weighted by molar-refractivity contribution is -0.137. The van der Waals surface area contributed by atoms with Crippen LogP contribution < -0.4 is 4.72 Å². The SMILES string of the molecule is COCCC1(NS(=O)(=O)c2ccccc2)CCN(C(=O)C2CCOCC2)C1. The molecule has 0 spiro atoms. The first-order valence-corrected chi connectivity index (χ1v) is 10.9. The summed E-state index contributed by atoms with van der Waals surface area (Å²) in [6.45, 7) is 2.58. The molecule has 7 nitrogen and oxygen atoms in total. The maximum absolute atomic E-state index is 12.9. The molecule has 1 atom stereocenters. The minimum Gasteiger partial charge on any atom is -0.385 e. The summed E-state index contributed by atoms with van der Waals surface area (Å²) in [5, 5.41) is 0. The third-order valence-electron chi connectivity index (χ3n) is 5.43. The van der Waals surface area contributed by atoms with Crippen molar-refractivity contribution < 1.29 is 22.7 Å². The monoisotopic (exact) mass is 396 g/mol. The van der Waals surface area contributed by atoms with Crippen LogP contribution in [0.3, 0.4) is 0 Å². The van der Waals surface area contributed by atoms with Crippen LogP contribution in [0.2, 0.25) is 0 Å². The van der Waals surface area contributed by atoms with Crippen molar-refractivity contribution in [3.63, 3.8) is 0 Å². The second-order valence-electron chi connectivity index (χ2n) is 7.34. The average molecular weight is 397 g/mol. The van der Waals surface area contributed by atoms with Crippen molar-refractivity contribution in [3.8, 4) is 0 Å². The van der Waals surface area contributed by atoms with Gasteiger partial charge in [-0.3, -0.25) is 4.79 Å². The van der Waals surface area contributed by atoms with E-state index in [-0.39, 0.29) is 16.7 Å². The number of nitrogens with zero attached hydrogens (tertiary/aromatic N) is 1. The van der Waals surface area contributed by atoms with Gasteiger partial charge in [0.05, 0.1) is 10.4 Å². The summed E-state index contributed by atoms with van der Waals surface area (Å²) < 4.78 is 39.2. The van der Waals surface area contributed by atoms with Crippen LogP contribution in [0.25, 0.3) is 0 Å². The molecule has 1 unspecified atom stereocenters. The molecular formula is C19H28N2O5S. The van der Waals surface area contributed by atoms with Gasteiger partial charge in [-0.15, -0.1) is 0 Å². The zero-order valence-electron chi connectivity index (χ0n) is 15.7. The van der Waals surface area contributed by atoms with Crippen molar-refractivity contribution in [2.45, 2.75) is 36.1 Å². The van der Waals surface area contributed by atoms with Crippen molar-refractivity contribution in [3.05, 3.63) is 30.3 Å². The molecule has 2 saturated heterocycles. The Morgan fingerprint density at radius 3 is 2.67 bits per heavy atom. The van der Waals surface area contributed by atoms with Crippen molar-refractivity contribution in [2.75, 3.05) is 40.0 Å². The molecule has 3 rings (SSSR count). The van der Waals surface area contributed by atoms with Gasteiger partial charge in [-0.25, -0.2) is 13.1 Å². The van der Waals surface area contributed by atoms with Gasteiger partial charge < -0.3 is 14.4 Å². The van der Waals surface area contributed by atoms with E-state index in [2.05, 4.69) is 4.72 Å². The van der Waals surface area contributed by atoms with Gasteiger partial charge in [-0.05, 0) is 37.8 Å². The van der Waals surface area contributed by atoms with Gasteiger partial charge >= 0.3 is 0 Å². The lowest BCUT2D eigenvalue weighted by Gasteiger charge is -2.31. The number of likely N-dealkylation sites (tertiary alicyclic amines) is 1. The summed E-state index contributed by atoms with van der Waals surface area (Å²) in [6.07, 6.45) is 2.57. The quantitative estimate of drug-likeness (QED) is 0.753. The van der Waals surface area contributed by atoms with E-state index in [0.29, 0.717) is 45.8 Å². The highest BCUT2D eigenvalue weighted by molar-refractivity contribution is 7.89. The van der Waals surface area contributed by atoms with Gasteiger partial charge in [0.25, 0.3) is 0 Å². The summed E-state index contributed by atoms with van der Waals surface area (Å²) in [5.41, 5.74) is -0.703. The van der Waals surface area contributed by atoms with Crippen molar-refractivity contribution in [1.82, 2.24) is 9.62 Å². The predicted octanol–water partition coefficient (Wildman–Crippen LogP) is 1.40. The van der Waals surface area contributed by atoms with Crippen LogP contribution in [0.5, 0.6) is 0 Å². The number of sulfonamides is 1. The standard InChI is InChI=1S/C19H28N2O5S/c1-25-14-10-19(20-27(23,24)17-5-3-2-4-6-17)9-11-21(15-19)18(22)16-7-12-26-13-8-16/h2-6,16,20H,7-15H2,1H3. The molecule has 150 valence electrons. The number of carbonyl (C=O) groups is 1. The second kappa shape index (κ2) is 8.68. The zero-order valence-corrected chi connectivity index (χ0v) is 16.5. The smallest absolute Gasteiger partial charge is 0.241 e. The molecule has 0 bridgehead atoms. The number of hydrogen-bond donors (Lipinski definition) is 1. The minimum absolute atomic E-state index is 0.0253. The number of benzene rings is 1. The zero-order chi connectivity index (χ0) is 19.3. The largest absolute Gasteiger partial charge is 0.385 e. The highest BCUT2D eigenvalue weighted by Crippen LogP contribution is 2.30. The molecular weight excluding hydrogens is 368 g/mol. The summed E-state index contributed by atoms with van der Waals surface area (Å²) in [7, 11) is -2.07. The Kier molecular flexibility index (Phi) is 6.52. The average Bonchev–Trinajstić information content (AvgIpc) is 3.10. The van der Waals surface area contributed by atoms with Crippen LogP contribution in [0.4, 0.5) is 0 Å². The number of ether oxygens (including phenoxy) is 2. The lowest BCUT2D eigenvalue weighted by Crippen LogP contribution is -2.52. The summed E-state index contributed by atoms with van der Waals surface area (Å²) in [5.74, 6) is 0.0826. The van der Waals surface area contributed by atoms with E-state index in [1.807, 2.05) is 0 Å². The van der Waals surface area contributed by atoms with Gasteiger partial charge in [0.2, 0.25) is 15.9 Å². The van der Waals surface area contributed by atoms with Crippen molar-refractivity contribution in [1.29, 1.82) is 0 Å². The Morgan fingerprint density at radius 2 is 2.00 bits per heavy atom. The molecule has 8 heteroatoms. The fourth-order valence-electron chi connectivity index (χ4n) is 3.84. The molecule has 2 aliphatic rings. The van der Waals surface area contributed by atoms with Crippen LogP contribution in [0, 0.1) is 5.92 Å². The first-order chi connectivity index (χ1) is 13.0. The fourth-order valence-corrected chi connectivity index (χ4v) is 5.31. The van der Waals surface area contributed by atoms with E-state index in [0.717, 1.165) is 12.8 Å². The van der Waals surface area contributed by atoms with E-state index >= 15 is 0 Å². The van der Waals surface area contributed by atoms with Crippen LogP contribution in [-0.4, -0.2) is 64.8 Å². The van der Waals surface area contributed by atoms with Crippen molar-refractivity contribution >= 4 is 15.9 Å². The molecule has 2 aliphatic heterocycles. The van der Waals surface area contributed by atoms with Gasteiger partial charge in [0.1, 0.15) is 0 Å². The number of nitrogens with one attached hydrogen (secondary N) is 1. The maximum atomic E-state index is 12.9. The molecule has 1 aromatic rings. The fraction of sp³-hybridized carbons (Fsp3) is 0.632. The first-order valence-electron chi connectivity index (χ1n) is 9.40. The lowest BCUT2D eigenvalue weighted by atomic mass is 9.96. The van der Waals surface area contributed by atoms with Gasteiger partial charge in [-0.2, -0.15) is 0 Å². The van der Waals surface area contributed by atoms with E-state index < -0.39 is 15.6 Å². The molecule has 2 fully saturated rings. The Hall–Kier alpha value is -1.48. The number of methoxy groups -OCH3 is 1. The maximum Gasteiger partial charge on any atom is 0.241 e. The molecule has 0 saturated carbocycles. The van der Waals surface area contributed by atoms with Gasteiger partial charge in [0, 0.05) is 45.9 Å². The van der Waals surface area contributed by atoms with Crippen LogP contribution >= 0.6 is 0 Å². The normalized spacial score (nSPS) is 24.3. The molecule has 0 radical (unpaired) electrons. The summed E-state index contributed by atoms with van der Waals surface area (Å²) >= 11 is 0. The molecule has 27 heavy (non-hydrogen) atoms. The second-order valence-corrected chi connectivity index (χ2v) is 9.02. The highest BCUT2D eigenvalue weighted by atomic mass is 32.2. The van der Waals surface area contributed by atoms with Crippen LogP contribution in [0.15, 0.2) is 35.2 Å². The molecule has 1 amide bonds. The number of hydrogen-bond acceptors (Lipinski definition) is 5. The van der Waals surface area contributed by atoms with E-state index in [9.17, 15) is 13.2 Å². The highest BCUT2D eigenvalue weighted by Gasteiger charge is 2.44. The van der Waals surface area contributed by atoms with Gasteiger partial charge in [0.15, 0.2) is 0 Å². The van der Waals surface area contributed by atoms with E-state index in [1.54, 1.807) is 42.3 Å². The molecule has 2 heterocycles. The number of amides is 1. The van der Waals surface area contributed by atoms with Crippen LogP contribution in [-0.2, 0) is 24.3 Å². The number of rotatable bonds is 7. The third kappa shape index (κ3) is 4.87. The Balaban J connectivity index is 1.75. The number of carbonyl (C=O) groups excluding carboxylic acids is 1. The Bertz CT molecular complexity index is 734. The first kappa shape index (κ1) is 20.3. The topological polar surface area (TPSA) is 84.9 Å². The Morgan fingerprint density at radius 1 is 1.30 bits per heavy atom.